The molecule has 0 spiro atoms. The lowest BCUT2D eigenvalue weighted by Gasteiger charge is -2.44. The predicted molar refractivity (Wildman–Crippen MR) is 120 cm³/mol. The number of nitrogens with one attached hydrogen (secondary N) is 1. The van der Waals surface area contributed by atoms with E-state index in [0.717, 1.165) is 36.6 Å². The second-order valence-electron chi connectivity index (χ2n) is 8.30. The molecule has 2 aromatic rings. The molecule has 0 radical (unpaired) electrons. The van der Waals surface area contributed by atoms with Crippen molar-refractivity contribution in [3.8, 4) is 0 Å². The van der Waals surface area contributed by atoms with Crippen LogP contribution in [0.3, 0.4) is 0 Å². The highest BCUT2D eigenvalue weighted by molar-refractivity contribution is 9.09. The first-order chi connectivity index (χ1) is 15.6. The van der Waals surface area contributed by atoms with Gasteiger partial charge in [-0.25, -0.2) is 30.3 Å². The Morgan fingerprint density at radius 2 is 1.68 bits per heavy atom. The zero-order valence-electron chi connectivity index (χ0n) is 17.7. The minimum Gasteiger partial charge on any atom is -0.223 e. The zero-order chi connectivity index (χ0) is 25.5. The summed E-state index contributed by atoms with van der Waals surface area (Å²) in [4.78, 5) is -0.480. The van der Waals surface area contributed by atoms with Crippen molar-refractivity contribution in [3.63, 3.8) is 0 Å². The van der Waals surface area contributed by atoms with Crippen LogP contribution in [0.25, 0.3) is 0 Å². The Kier molecular flexibility index (Phi) is 7.53. The quantitative estimate of drug-likeness (QED) is 0.389. The Labute approximate surface area is 202 Å². The fraction of sp³-hybridized carbons (Fsp3) is 0.429. The zero-order valence-corrected chi connectivity index (χ0v) is 21.0. The molecule has 3 atom stereocenters. The SMILES string of the molecule is CS(=O)(=O)N[C@@H]1CC[C@](c2cc(F)ccc2F)(S(=O)(=O)c2ccc(C(F)(F)F)cc2)CC1CBr. The molecule has 3 rings (SSSR count). The van der Waals surface area contributed by atoms with Crippen molar-refractivity contribution in [2.45, 2.75) is 41.1 Å². The molecule has 1 unspecified atom stereocenters. The summed E-state index contributed by atoms with van der Waals surface area (Å²) in [7, 11) is -8.21. The molecule has 0 heterocycles. The molecule has 1 N–H and O–H groups in total. The third kappa shape index (κ3) is 5.31. The summed E-state index contributed by atoms with van der Waals surface area (Å²) >= 11 is 3.25. The summed E-state index contributed by atoms with van der Waals surface area (Å²) in [5.74, 6) is -2.51. The fourth-order valence-corrected chi connectivity index (χ4v) is 8.17. The third-order valence-corrected chi connectivity index (χ3v) is 10.1. The lowest BCUT2D eigenvalue weighted by molar-refractivity contribution is -0.137. The summed E-state index contributed by atoms with van der Waals surface area (Å²) in [6, 6.07) is 4.52. The minimum absolute atomic E-state index is 0.0286. The molecule has 13 heteroatoms. The molecular formula is C21H21BrF5NO4S2. The average Bonchev–Trinajstić information content (AvgIpc) is 2.74. The molecule has 1 fully saturated rings. The third-order valence-electron chi connectivity index (χ3n) is 6.01. The molecule has 5 nitrogen and oxygen atoms in total. The van der Waals surface area contributed by atoms with Gasteiger partial charge in [0.05, 0.1) is 16.7 Å². The van der Waals surface area contributed by atoms with Gasteiger partial charge in [0, 0.05) is 16.9 Å². The van der Waals surface area contributed by atoms with E-state index in [1.54, 1.807) is 0 Å². The first-order valence-corrected chi connectivity index (χ1v) is 14.5. The predicted octanol–water partition coefficient (Wildman–Crippen LogP) is 4.77. The van der Waals surface area contributed by atoms with Crippen LogP contribution in [0, 0.1) is 17.6 Å². The van der Waals surface area contributed by atoms with Crippen LogP contribution in [0.2, 0.25) is 0 Å². The molecule has 34 heavy (non-hydrogen) atoms. The second-order valence-corrected chi connectivity index (χ2v) is 13.0. The lowest BCUT2D eigenvalue weighted by Crippen LogP contribution is -2.51. The molecule has 188 valence electrons. The number of hydrogen-bond acceptors (Lipinski definition) is 4. The molecule has 2 aromatic carbocycles. The van der Waals surface area contributed by atoms with Crippen LogP contribution in [0.15, 0.2) is 47.4 Å². The van der Waals surface area contributed by atoms with E-state index in [1.165, 1.54) is 0 Å². The minimum atomic E-state index is -4.69. The molecule has 0 saturated heterocycles. The fourth-order valence-electron chi connectivity index (χ4n) is 4.41. The number of benzene rings is 2. The molecule has 0 aliphatic heterocycles. The van der Waals surface area contributed by atoms with Gasteiger partial charge in [0.25, 0.3) is 0 Å². The smallest absolute Gasteiger partial charge is 0.223 e. The Morgan fingerprint density at radius 3 is 2.21 bits per heavy atom. The van der Waals surface area contributed by atoms with E-state index in [4.69, 9.17) is 0 Å². The average molecular weight is 590 g/mol. The van der Waals surface area contributed by atoms with Gasteiger partial charge in [0.2, 0.25) is 10.0 Å². The molecule has 0 bridgehead atoms. The van der Waals surface area contributed by atoms with Crippen molar-refractivity contribution >= 4 is 35.8 Å². The highest BCUT2D eigenvalue weighted by atomic mass is 79.9. The Balaban J connectivity index is 2.18. The topological polar surface area (TPSA) is 80.3 Å². The summed E-state index contributed by atoms with van der Waals surface area (Å²) in [5.41, 5.74) is -1.51. The van der Waals surface area contributed by atoms with Crippen LogP contribution in [0.5, 0.6) is 0 Å². The van der Waals surface area contributed by atoms with Gasteiger partial charge in [-0.2, -0.15) is 13.2 Å². The van der Waals surface area contributed by atoms with Gasteiger partial charge in [0.15, 0.2) is 9.84 Å². The Bertz CT molecular complexity index is 1270. The maximum atomic E-state index is 15.0. The number of sulfone groups is 1. The van der Waals surface area contributed by atoms with E-state index in [0.29, 0.717) is 12.1 Å². The van der Waals surface area contributed by atoms with Gasteiger partial charge in [-0.05, 0) is 67.6 Å². The number of sulfonamides is 1. The Morgan fingerprint density at radius 1 is 1.06 bits per heavy atom. The summed E-state index contributed by atoms with van der Waals surface area (Å²) in [6.07, 6.45) is -4.35. The van der Waals surface area contributed by atoms with Crippen molar-refractivity contribution in [2.24, 2.45) is 5.92 Å². The van der Waals surface area contributed by atoms with Crippen LogP contribution in [0.1, 0.15) is 30.4 Å². The maximum absolute atomic E-state index is 15.0. The van der Waals surface area contributed by atoms with Crippen LogP contribution >= 0.6 is 15.9 Å². The van der Waals surface area contributed by atoms with E-state index >= 15 is 0 Å². The van der Waals surface area contributed by atoms with E-state index in [9.17, 15) is 38.8 Å². The maximum Gasteiger partial charge on any atom is 0.416 e. The van der Waals surface area contributed by atoms with Gasteiger partial charge in [-0.15, -0.1) is 0 Å². The van der Waals surface area contributed by atoms with Crippen molar-refractivity contribution in [2.75, 3.05) is 11.6 Å². The lowest BCUT2D eigenvalue weighted by atomic mass is 9.75. The van der Waals surface area contributed by atoms with Crippen molar-refractivity contribution < 1.29 is 38.8 Å². The van der Waals surface area contributed by atoms with Gasteiger partial charge < -0.3 is 0 Å². The van der Waals surface area contributed by atoms with Crippen LogP contribution < -0.4 is 4.72 Å². The highest BCUT2D eigenvalue weighted by Gasteiger charge is 2.53. The van der Waals surface area contributed by atoms with Gasteiger partial charge in [0.1, 0.15) is 16.4 Å². The molecule has 1 saturated carbocycles. The monoisotopic (exact) mass is 589 g/mol. The first-order valence-electron chi connectivity index (χ1n) is 10.0. The molecular weight excluding hydrogens is 569 g/mol. The number of halogens is 6. The first kappa shape index (κ1) is 27.0. The summed E-state index contributed by atoms with van der Waals surface area (Å²) < 4.78 is 120. The second kappa shape index (κ2) is 9.47. The van der Waals surface area contributed by atoms with E-state index in [-0.39, 0.29) is 24.6 Å². The van der Waals surface area contributed by atoms with Crippen LogP contribution in [-0.4, -0.2) is 34.5 Å². The van der Waals surface area contributed by atoms with E-state index < -0.39 is 70.4 Å². The Hall–Kier alpha value is -1.57. The molecule has 1 aliphatic rings. The number of hydrogen-bond donors (Lipinski definition) is 1. The van der Waals surface area contributed by atoms with E-state index in [1.807, 2.05) is 0 Å². The molecule has 1 aliphatic carbocycles. The van der Waals surface area contributed by atoms with Crippen molar-refractivity contribution in [1.82, 2.24) is 4.72 Å². The standard InChI is InChI=1S/C21H21BrF5NO4S2/c1-33(29,30)28-19-8-9-20(11-13(19)12-22,17-10-15(23)4-7-18(17)24)34(31,32)16-5-2-14(3-6-16)21(25,26)27/h2-7,10,13,19,28H,8-9,11-12H2,1H3/t13?,19-,20+/m1/s1. The molecule has 0 amide bonds. The largest absolute Gasteiger partial charge is 0.416 e. The normalized spacial score (nSPS) is 24.2. The number of alkyl halides is 4. The van der Waals surface area contributed by atoms with Gasteiger partial charge in [-0.3, -0.25) is 0 Å². The van der Waals surface area contributed by atoms with Crippen molar-refractivity contribution in [1.29, 1.82) is 0 Å². The van der Waals surface area contributed by atoms with Gasteiger partial charge >= 0.3 is 6.18 Å². The number of rotatable bonds is 6. The van der Waals surface area contributed by atoms with Crippen LogP contribution in [0.4, 0.5) is 22.0 Å². The van der Waals surface area contributed by atoms with Gasteiger partial charge in [-0.1, -0.05) is 15.9 Å². The van der Waals surface area contributed by atoms with Crippen LogP contribution in [-0.2, 0) is 30.8 Å². The summed E-state index contributed by atoms with van der Waals surface area (Å²) in [6.45, 7) is 0. The van der Waals surface area contributed by atoms with E-state index in [2.05, 4.69) is 20.7 Å². The summed E-state index contributed by atoms with van der Waals surface area (Å²) in [5, 5.41) is 0.140. The van der Waals surface area contributed by atoms with Crippen molar-refractivity contribution in [3.05, 3.63) is 65.2 Å². The molecule has 0 aromatic heterocycles. The highest BCUT2D eigenvalue weighted by Crippen LogP contribution is 2.50.